The van der Waals surface area contributed by atoms with E-state index in [4.69, 9.17) is 0 Å². The Balaban J connectivity index is 1.83. The van der Waals surface area contributed by atoms with Crippen LogP contribution in [0.5, 0.6) is 0 Å². The molecule has 5 nitrogen and oxygen atoms in total. The molecule has 1 aliphatic carbocycles. The van der Waals surface area contributed by atoms with Crippen molar-refractivity contribution in [2.24, 2.45) is 0 Å². The highest BCUT2D eigenvalue weighted by Crippen LogP contribution is 2.47. The molecule has 0 radical (unpaired) electrons. The maximum atomic E-state index is 14.0. The number of ketones is 1. The number of nitrogens with one attached hydrogen (secondary N) is 1. The van der Waals surface area contributed by atoms with Crippen molar-refractivity contribution in [3.8, 4) is 0 Å². The third-order valence-electron chi connectivity index (χ3n) is 5.50. The van der Waals surface area contributed by atoms with Crippen molar-refractivity contribution in [1.29, 1.82) is 0 Å². The summed E-state index contributed by atoms with van der Waals surface area (Å²) < 4.78 is 29.3. The molecule has 5 rings (SSSR count). The summed E-state index contributed by atoms with van der Waals surface area (Å²) in [6.45, 7) is 0. The molecule has 1 aliphatic heterocycles. The van der Waals surface area contributed by atoms with E-state index < -0.39 is 16.1 Å². The lowest BCUT2D eigenvalue weighted by molar-refractivity contribution is -0.116. The van der Waals surface area contributed by atoms with Crippen LogP contribution in [0.25, 0.3) is 0 Å². The first kappa shape index (κ1) is 19.1. The number of allylic oxidation sites excluding steroid dienone is 1. The van der Waals surface area contributed by atoms with Gasteiger partial charge in [-0.3, -0.25) is 9.10 Å². The number of hydrogen-bond donors (Lipinski definition) is 1. The minimum absolute atomic E-state index is 0.00298. The average molecular weight is 437 g/mol. The van der Waals surface area contributed by atoms with Crippen LogP contribution in [0.15, 0.2) is 88.3 Å². The molecule has 0 saturated heterocycles. The summed E-state index contributed by atoms with van der Waals surface area (Å²) in [5.74, 6) is 0.00298. The Hall–Kier alpha value is -2.90. The first-order valence-electron chi connectivity index (χ1n) is 9.82. The van der Waals surface area contributed by atoms with Crippen molar-refractivity contribution >= 4 is 38.5 Å². The lowest BCUT2D eigenvalue weighted by atomic mass is 9.89. The molecule has 0 unspecified atom stereocenters. The van der Waals surface area contributed by atoms with Crippen molar-refractivity contribution < 1.29 is 13.2 Å². The number of para-hydroxylation sites is 2. The van der Waals surface area contributed by atoms with E-state index in [1.54, 1.807) is 36.4 Å². The molecule has 2 aromatic carbocycles. The van der Waals surface area contributed by atoms with E-state index in [2.05, 4.69) is 5.32 Å². The molecular formula is C23H20N2O3S2. The van der Waals surface area contributed by atoms with Gasteiger partial charge in [-0.2, -0.15) is 0 Å². The fourth-order valence-corrected chi connectivity index (χ4v) is 6.71. The molecule has 0 bridgehead atoms. The van der Waals surface area contributed by atoms with Crippen molar-refractivity contribution in [3.05, 3.63) is 88.3 Å². The van der Waals surface area contributed by atoms with Crippen LogP contribution in [-0.2, 0) is 14.8 Å². The maximum absolute atomic E-state index is 14.0. The first-order chi connectivity index (χ1) is 14.6. The largest absolute Gasteiger partial charge is 0.357 e. The summed E-state index contributed by atoms with van der Waals surface area (Å²) in [5, 5.41) is 5.31. The number of nitrogens with zero attached hydrogens (tertiary/aromatic N) is 1. The van der Waals surface area contributed by atoms with E-state index in [0.717, 1.165) is 23.4 Å². The summed E-state index contributed by atoms with van der Waals surface area (Å²) in [6.07, 6.45) is 1.91. The summed E-state index contributed by atoms with van der Waals surface area (Å²) in [6, 6.07) is 18.9. The molecule has 152 valence electrons. The summed E-state index contributed by atoms with van der Waals surface area (Å²) in [7, 11) is -3.93. The number of benzene rings is 2. The molecule has 0 spiro atoms. The molecule has 0 fully saturated rings. The van der Waals surface area contributed by atoms with E-state index in [9.17, 15) is 13.2 Å². The zero-order valence-corrected chi connectivity index (χ0v) is 17.7. The highest BCUT2D eigenvalue weighted by Gasteiger charge is 2.42. The molecule has 1 atom stereocenters. The van der Waals surface area contributed by atoms with Crippen LogP contribution in [0.2, 0.25) is 0 Å². The van der Waals surface area contributed by atoms with E-state index in [0.29, 0.717) is 23.4 Å². The number of fused-ring (bicyclic) bond motifs is 1. The van der Waals surface area contributed by atoms with Gasteiger partial charge >= 0.3 is 0 Å². The van der Waals surface area contributed by atoms with Crippen molar-refractivity contribution in [2.75, 3.05) is 9.62 Å². The van der Waals surface area contributed by atoms with Crippen LogP contribution in [0, 0.1) is 0 Å². The van der Waals surface area contributed by atoms with Crippen LogP contribution < -0.4 is 9.62 Å². The molecule has 0 saturated carbocycles. The number of carbonyl (C=O) groups excluding carboxylic acids is 1. The minimum Gasteiger partial charge on any atom is -0.357 e. The number of Topliss-reactive ketones (excluding diaryl/α,β-unsaturated/α-hetero) is 1. The van der Waals surface area contributed by atoms with Gasteiger partial charge in [-0.25, -0.2) is 8.42 Å². The van der Waals surface area contributed by atoms with Gasteiger partial charge in [-0.15, -0.1) is 11.3 Å². The van der Waals surface area contributed by atoms with Gasteiger partial charge < -0.3 is 5.32 Å². The smallest absolute Gasteiger partial charge is 0.265 e. The maximum Gasteiger partial charge on any atom is 0.265 e. The van der Waals surface area contributed by atoms with E-state index in [-0.39, 0.29) is 10.7 Å². The number of sulfonamides is 1. The van der Waals surface area contributed by atoms with Gasteiger partial charge in [0, 0.05) is 22.6 Å². The van der Waals surface area contributed by atoms with Gasteiger partial charge in [0.15, 0.2) is 5.78 Å². The number of anilines is 2. The Bertz CT molecular complexity index is 1230. The summed E-state index contributed by atoms with van der Waals surface area (Å²) >= 11 is 1.47. The molecule has 1 aromatic heterocycles. The monoisotopic (exact) mass is 436 g/mol. The van der Waals surface area contributed by atoms with Crippen LogP contribution in [0.4, 0.5) is 11.4 Å². The summed E-state index contributed by atoms with van der Waals surface area (Å²) in [5.41, 5.74) is 2.61. The van der Waals surface area contributed by atoms with E-state index >= 15 is 0 Å². The lowest BCUT2D eigenvalue weighted by Crippen LogP contribution is -2.37. The second-order valence-electron chi connectivity index (χ2n) is 7.34. The minimum atomic E-state index is -3.93. The quantitative estimate of drug-likeness (QED) is 0.619. The number of thiophene rings is 1. The van der Waals surface area contributed by atoms with Crippen LogP contribution in [0.1, 0.15) is 30.2 Å². The predicted octanol–water partition coefficient (Wildman–Crippen LogP) is 5.12. The normalized spacial score (nSPS) is 19.0. The molecular weight excluding hydrogens is 416 g/mol. The Morgan fingerprint density at radius 3 is 2.47 bits per heavy atom. The van der Waals surface area contributed by atoms with Crippen LogP contribution in [-0.4, -0.2) is 14.2 Å². The molecule has 0 amide bonds. The number of carbonyl (C=O) groups is 1. The Labute approximate surface area is 179 Å². The fourth-order valence-electron chi connectivity index (χ4n) is 4.18. The highest BCUT2D eigenvalue weighted by atomic mass is 32.2. The van der Waals surface area contributed by atoms with Crippen LogP contribution in [0.3, 0.4) is 0 Å². The SMILES string of the molecule is O=C1CCCC2=C1[C@H](c1cccs1)N(S(=O)(=O)c1ccccc1)c1ccccc1N2. The second-order valence-corrected chi connectivity index (χ2v) is 10.1. The third-order valence-corrected chi connectivity index (χ3v) is 8.22. The third kappa shape index (κ3) is 3.05. The lowest BCUT2D eigenvalue weighted by Gasteiger charge is -2.33. The van der Waals surface area contributed by atoms with Gasteiger partial charge in [-0.1, -0.05) is 36.4 Å². The topological polar surface area (TPSA) is 66.5 Å². The van der Waals surface area contributed by atoms with Gasteiger partial charge in [-0.05, 0) is 48.6 Å². The van der Waals surface area contributed by atoms with Gasteiger partial charge in [0.05, 0.1) is 16.3 Å². The molecule has 2 aliphatic rings. The van der Waals surface area contributed by atoms with Gasteiger partial charge in [0.25, 0.3) is 10.0 Å². The van der Waals surface area contributed by atoms with Gasteiger partial charge in [0.2, 0.25) is 0 Å². The molecule has 30 heavy (non-hydrogen) atoms. The van der Waals surface area contributed by atoms with E-state index in [1.165, 1.54) is 15.6 Å². The zero-order chi connectivity index (χ0) is 20.7. The molecule has 3 aromatic rings. The Morgan fingerprint density at radius 2 is 1.70 bits per heavy atom. The molecule has 1 N–H and O–H groups in total. The summed E-state index contributed by atoms with van der Waals surface area (Å²) in [4.78, 5) is 14.2. The van der Waals surface area contributed by atoms with Crippen molar-refractivity contribution in [3.63, 3.8) is 0 Å². The standard InChI is InChI=1S/C23H20N2O3S2/c26-20-13-6-11-18-22(20)23(21-14-7-15-29-21)25(19-12-5-4-10-17(19)24-18)30(27,28)16-8-2-1-3-9-16/h1-5,7-10,12,14-15,23-24H,6,11,13H2/t23-/m0/s1. The first-order valence-corrected chi connectivity index (χ1v) is 12.1. The zero-order valence-electron chi connectivity index (χ0n) is 16.1. The molecule has 7 heteroatoms. The predicted molar refractivity (Wildman–Crippen MR) is 119 cm³/mol. The number of hydrogen-bond acceptors (Lipinski definition) is 5. The Kier molecular flexibility index (Phi) is 4.72. The van der Waals surface area contributed by atoms with E-state index in [1.807, 2.05) is 35.7 Å². The Morgan fingerprint density at radius 1 is 0.933 bits per heavy atom. The average Bonchev–Trinajstić information content (AvgIpc) is 3.23. The second kappa shape index (κ2) is 7.41. The highest BCUT2D eigenvalue weighted by molar-refractivity contribution is 7.92. The van der Waals surface area contributed by atoms with Gasteiger partial charge in [0.1, 0.15) is 6.04 Å². The van der Waals surface area contributed by atoms with Crippen LogP contribution >= 0.6 is 11.3 Å². The number of rotatable bonds is 3. The fraction of sp³-hybridized carbons (Fsp3) is 0.174. The molecule has 2 heterocycles. The van der Waals surface area contributed by atoms with Crippen molar-refractivity contribution in [1.82, 2.24) is 0 Å². The van der Waals surface area contributed by atoms with Crippen molar-refractivity contribution in [2.45, 2.75) is 30.2 Å².